The van der Waals surface area contributed by atoms with E-state index in [0.717, 1.165) is 4.47 Å². The summed E-state index contributed by atoms with van der Waals surface area (Å²) < 4.78 is 2.43. The van der Waals surface area contributed by atoms with Crippen LogP contribution in [0.5, 0.6) is 0 Å². The van der Waals surface area contributed by atoms with Gasteiger partial charge in [-0.05, 0) is 36.4 Å². The van der Waals surface area contributed by atoms with Gasteiger partial charge in [0, 0.05) is 10.2 Å². The summed E-state index contributed by atoms with van der Waals surface area (Å²) in [7, 11) is 0. The molecule has 0 fully saturated rings. The molecule has 118 valence electrons. The van der Waals surface area contributed by atoms with Crippen LogP contribution in [0.3, 0.4) is 0 Å². The number of amides is 1. The Morgan fingerprint density at radius 3 is 2.67 bits per heavy atom. The molecule has 0 aliphatic rings. The molecule has 4 rings (SSSR count). The van der Waals surface area contributed by atoms with E-state index in [1.165, 1.54) is 4.52 Å². The van der Waals surface area contributed by atoms with Crippen molar-refractivity contribution >= 4 is 44.1 Å². The molecule has 1 amide bonds. The van der Waals surface area contributed by atoms with Crippen LogP contribution in [-0.4, -0.2) is 25.7 Å². The lowest BCUT2D eigenvalue weighted by Gasteiger charge is -2.03. The summed E-state index contributed by atoms with van der Waals surface area (Å²) in [6.07, 6.45) is 0. The Kier molecular flexibility index (Phi) is 3.39. The van der Waals surface area contributed by atoms with Gasteiger partial charge in [-0.1, -0.05) is 28.1 Å². The highest BCUT2D eigenvalue weighted by molar-refractivity contribution is 9.10. The number of aromatic nitrogens is 4. The second-order valence-corrected chi connectivity index (χ2v) is 6.03. The number of rotatable bonds is 2. The van der Waals surface area contributed by atoms with Gasteiger partial charge in [0.1, 0.15) is 0 Å². The number of hydrogen-bond acceptors (Lipinski definition) is 4. The number of para-hydroxylation sites is 1. The fourth-order valence-electron chi connectivity index (χ4n) is 2.46. The normalized spacial score (nSPS) is 11.0. The molecule has 2 heterocycles. The van der Waals surface area contributed by atoms with Crippen LogP contribution in [0.15, 0.2) is 57.8 Å². The SMILES string of the molecule is O=C(Nc1ccc(Br)cc1)c1n[nH]n2c1nc(=O)c1ccccc12. The highest BCUT2D eigenvalue weighted by Gasteiger charge is 2.18. The maximum absolute atomic E-state index is 12.5. The average Bonchev–Trinajstić information content (AvgIpc) is 3.01. The third-order valence-corrected chi connectivity index (χ3v) is 4.11. The Hall–Kier alpha value is -3.00. The summed E-state index contributed by atoms with van der Waals surface area (Å²) in [6, 6.07) is 14.1. The standard InChI is InChI=1S/C16H10BrN5O2/c17-9-5-7-10(8-6-9)18-16(24)13-14-19-15(23)11-3-1-2-4-12(11)22(14)21-20-13/h1-8,21H,(H,18,24). The van der Waals surface area contributed by atoms with Crippen molar-refractivity contribution in [2.75, 3.05) is 5.32 Å². The fourth-order valence-corrected chi connectivity index (χ4v) is 2.72. The first-order valence-corrected chi connectivity index (χ1v) is 7.85. The van der Waals surface area contributed by atoms with E-state index in [9.17, 15) is 9.59 Å². The van der Waals surface area contributed by atoms with Gasteiger partial charge in [0.05, 0.1) is 10.9 Å². The number of nitrogens with one attached hydrogen (secondary N) is 2. The fraction of sp³-hybridized carbons (Fsp3) is 0. The van der Waals surface area contributed by atoms with Crippen molar-refractivity contribution in [1.29, 1.82) is 0 Å². The second-order valence-electron chi connectivity index (χ2n) is 5.11. The van der Waals surface area contributed by atoms with E-state index in [-0.39, 0.29) is 11.3 Å². The Bertz CT molecular complexity index is 1130. The number of carbonyl (C=O) groups excluding carboxylic acids is 1. The summed E-state index contributed by atoms with van der Waals surface area (Å²) in [5.41, 5.74) is 1.08. The molecule has 24 heavy (non-hydrogen) atoms. The van der Waals surface area contributed by atoms with Gasteiger partial charge in [-0.2, -0.15) is 4.98 Å². The number of H-pyrrole nitrogens is 1. The van der Waals surface area contributed by atoms with Crippen molar-refractivity contribution in [1.82, 2.24) is 19.8 Å². The number of nitrogens with zero attached hydrogens (tertiary/aromatic N) is 3. The second kappa shape index (κ2) is 5.57. The molecule has 2 N–H and O–H groups in total. The van der Waals surface area contributed by atoms with Crippen LogP contribution in [0.25, 0.3) is 16.6 Å². The van der Waals surface area contributed by atoms with Crippen molar-refractivity contribution < 1.29 is 4.79 Å². The molecule has 4 aromatic rings. The zero-order valence-corrected chi connectivity index (χ0v) is 13.7. The molecular formula is C16H10BrN5O2. The number of hydrogen-bond donors (Lipinski definition) is 2. The molecule has 0 atom stereocenters. The smallest absolute Gasteiger partial charge is 0.281 e. The quantitative estimate of drug-likeness (QED) is 0.556. The molecule has 0 spiro atoms. The van der Waals surface area contributed by atoms with Crippen molar-refractivity contribution in [2.24, 2.45) is 0 Å². The first-order chi connectivity index (χ1) is 11.6. The number of aromatic amines is 1. The first-order valence-electron chi connectivity index (χ1n) is 7.06. The van der Waals surface area contributed by atoms with Crippen LogP contribution in [0, 0.1) is 0 Å². The molecule has 2 aromatic heterocycles. The number of halogens is 1. The Morgan fingerprint density at radius 2 is 1.88 bits per heavy atom. The predicted octanol–water partition coefficient (Wildman–Crippen LogP) is 2.59. The topological polar surface area (TPSA) is 92.2 Å². The minimum absolute atomic E-state index is 0.0563. The maximum atomic E-state index is 12.5. The molecule has 0 radical (unpaired) electrons. The van der Waals surface area contributed by atoms with E-state index in [4.69, 9.17) is 0 Å². The van der Waals surface area contributed by atoms with E-state index in [1.807, 2.05) is 12.1 Å². The minimum atomic E-state index is -0.446. The van der Waals surface area contributed by atoms with Gasteiger partial charge in [0.2, 0.25) is 0 Å². The lowest BCUT2D eigenvalue weighted by atomic mass is 10.2. The summed E-state index contributed by atoms with van der Waals surface area (Å²) in [5.74, 6) is -0.446. The van der Waals surface area contributed by atoms with E-state index < -0.39 is 11.5 Å². The maximum Gasteiger partial charge on any atom is 0.281 e. The van der Waals surface area contributed by atoms with Crippen molar-refractivity contribution in [3.05, 3.63) is 69.1 Å². The summed E-state index contributed by atoms with van der Waals surface area (Å²) in [5, 5.41) is 9.94. The molecule has 0 saturated heterocycles. The van der Waals surface area contributed by atoms with Crippen LogP contribution in [-0.2, 0) is 0 Å². The minimum Gasteiger partial charge on any atom is -0.320 e. The van der Waals surface area contributed by atoms with Crippen LogP contribution in [0.2, 0.25) is 0 Å². The highest BCUT2D eigenvalue weighted by atomic mass is 79.9. The lowest BCUT2D eigenvalue weighted by molar-refractivity contribution is 0.102. The van der Waals surface area contributed by atoms with E-state index in [1.54, 1.807) is 36.4 Å². The third kappa shape index (κ3) is 2.37. The van der Waals surface area contributed by atoms with Crippen LogP contribution in [0.1, 0.15) is 10.5 Å². The van der Waals surface area contributed by atoms with E-state index in [2.05, 4.69) is 36.5 Å². The summed E-state index contributed by atoms with van der Waals surface area (Å²) >= 11 is 3.34. The molecule has 0 saturated carbocycles. The summed E-state index contributed by atoms with van der Waals surface area (Å²) in [6.45, 7) is 0. The molecule has 8 heteroatoms. The van der Waals surface area contributed by atoms with Gasteiger partial charge < -0.3 is 5.32 Å². The average molecular weight is 384 g/mol. The molecule has 7 nitrogen and oxygen atoms in total. The van der Waals surface area contributed by atoms with Gasteiger partial charge in [0.25, 0.3) is 11.5 Å². The Morgan fingerprint density at radius 1 is 1.12 bits per heavy atom. The molecule has 0 unspecified atom stereocenters. The van der Waals surface area contributed by atoms with Gasteiger partial charge in [-0.25, -0.2) is 9.73 Å². The van der Waals surface area contributed by atoms with Crippen molar-refractivity contribution in [3.8, 4) is 0 Å². The molecule has 0 aliphatic carbocycles. The van der Waals surface area contributed by atoms with Gasteiger partial charge in [-0.3, -0.25) is 9.59 Å². The molecule has 0 bridgehead atoms. The van der Waals surface area contributed by atoms with Crippen LogP contribution >= 0.6 is 15.9 Å². The van der Waals surface area contributed by atoms with Crippen LogP contribution < -0.4 is 10.9 Å². The van der Waals surface area contributed by atoms with Crippen molar-refractivity contribution in [3.63, 3.8) is 0 Å². The lowest BCUT2D eigenvalue weighted by Crippen LogP contribution is -2.15. The van der Waals surface area contributed by atoms with Crippen molar-refractivity contribution in [2.45, 2.75) is 0 Å². The monoisotopic (exact) mass is 383 g/mol. The number of anilines is 1. The van der Waals surface area contributed by atoms with E-state index >= 15 is 0 Å². The van der Waals surface area contributed by atoms with E-state index in [0.29, 0.717) is 16.6 Å². The van der Waals surface area contributed by atoms with Gasteiger partial charge in [0.15, 0.2) is 11.3 Å². The molecular weight excluding hydrogens is 374 g/mol. The third-order valence-electron chi connectivity index (χ3n) is 3.59. The number of fused-ring (bicyclic) bond motifs is 3. The van der Waals surface area contributed by atoms with Crippen LogP contribution in [0.4, 0.5) is 5.69 Å². The highest BCUT2D eigenvalue weighted by Crippen LogP contribution is 2.16. The van der Waals surface area contributed by atoms with Gasteiger partial charge in [-0.15, -0.1) is 5.10 Å². The Balaban J connectivity index is 1.81. The summed E-state index contributed by atoms with van der Waals surface area (Å²) in [4.78, 5) is 28.6. The number of benzene rings is 2. The number of carbonyl (C=O) groups is 1. The zero-order valence-electron chi connectivity index (χ0n) is 12.2. The van der Waals surface area contributed by atoms with Gasteiger partial charge >= 0.3 is 0 Å². The Labute approximate surface area is 143 Å². The molecule has 0 aliphatic heterocycles. The predicted molar refractivity (Wildman–Crippen MR) is 93.2 cm³/mol. The zero-order chi connectivity index (χ0) is 16.7. The first kappa shape index (κ1) is 14.6. The molecule has 2 aromatic carbocycles. The largest absolute Gasteiger partial charge is 0.320 e.